The highest BCUT2D eigenvalue weighted by atomic mass is 16.5. The monoisotopic (exact) mass is 321 g/mol. The second-order valence-electron chi connectivity index (χ2n) is 5.27. The van der Waals surface area contributed by atoms with Gasteiger partial charge in [0.15, 0.2) is 11.5 Å². The predicted octanol–water partition coefficient (Wildman–Crippen LogP) is 3.90. The fourth-order valence-electron chi connectivity index (χ4n) is 2.61. The summed E-state index contributed by atoms with van der Waals surface area (Å²) in [4.78, 5) is 7.66. The van der Waals surface area contributed by atoms with E-state index in [0.717, 1.165) is 22.0 Å². The average Bonchev–Trinajstić information content (AvgIpc) is 3.29. The van der Waals surface area contributed by atoms with Gasteiger partial charge in [0.25, 0.3) is 5.89 Å². The molecule has 0 aliphatic heterocycles. The third-order valence-electron chi connectivity index (χ3n) is 3.87. The maximum absolute atomic E-state index is 5.41. The third-order valence-corrected chi connectivity index (χ3v) is 3.87. The molecule has 2 heterocycles. The molecule has 6 nitrogen and oxygen atoms in total. The van der Waals surface area contributed by atoms with Crippen LogP contribution < -0.4 is 9.47 Å². The summed E-state index contributed by atoms with van der Waals surface area (Å²) in [6.45, 7) is 0. The van der Waals surface area contributed by atoms with Crippen LogP contribution in [0.15, 0.2) is 53.2 Å². The zero-order valence-electron chi connectivity index (χ0n) is 13.2. The van der Waals surface area contributed by atoms with Gasteiger partial charge in [-0.1, -0.05) is 11.2 Å². The van der Waals surface area contributed by atoms with Gasteiger partial charge in [-0.25, -0.2) is 0 Å². The molecule has 4 aromatic rings. The predicted molar refractivity (Wildman–Crippen MR) is 90.1 cm³/mol. The zero-order valence-corrected chi connectivity index (χ0v) is 13.2. The second-order valence-corrected chi connectivity index (χ2v) is 5.27. The van der Waals surface area contributed by atoms with Crippen molar-refractivity contribution in [2.45, 2.75) is 0 Å². The summed E-state index contributed by atoms with van der Waals surface area (Å²) in [7, 11) is 3.19. The van der Waals surface area contributed by atoms with Gasteiger partial charge in [0.2, 0.25) is 5.82 Å². The van der Waals surface area contributed by atoms with Crippen molar-refractivity contribution in [2.75, 3.05) is 14.2 Å². The molecule has 0 spiro atoms. The number of ether oxygens (including phenoxy) is 2. The van der Waals surface area contributed by atoms with Crippen molar-refractivity contribution in [3.63, 3.8) is 0 Å². The molecule has 0 aliphatic carbocycles. The minimum atomic E-state index is 0.469. The van der Waals surface area contributed by atoms with E-state index in [-0.39, 0.29) is 0 Å². The SMILES string of the molecule is COc1ccc(-c2noc(-c3ccc4cc[nH]c4c3)n2)cc1OC. The number of H-pyrrole nitrogens is 1. The summed E-state index contributed by atoms with van der Waals surface area (Å²) in [5.74, 6) is 2.24. The number of aromatic amines is 1. The summed E-state index contributed by atoms with van der Waals surface area (Å²) in [6.07, 6.45) is 1.90. The van der Waals surface area contributed by atoms with E-state index in [1.165, 1.54) is 0 Å². The maximum atomic E-state index is 5.41. The molecule has 1 N–H and O–H groups in total. The normalized spacial score (nSPS) is 10.9. The van der Waals surface area contributed by atoms with Crippen LogP contribution in [0, 0.1) is 0 Å². The van der Waals surface area contributed by atoms with Gasteiger partial charge in [-0.3, -0.25) is 0 Å². The summed E-state index contributed by atoms with van der Waals surface area (Å²) in [6, 6.07) is 13.5. The molecule has 0 bridgehead atoms. The Balaban J connectivity index is 1.71. The summed E-state index contributed by atoms with van der Waals surface area (Å²) in [5, 5.41) is 5.21. The van der Waals surface area contributed by atoms with Crippen LogP contribution in [0.3, 0.4) is 0 Å². The first-order valence-corrected chi connectivity index (χ1v) is 7.42. The van der Waals surface area contributed by atoms with Crippen molar-refractivity contribution in [1.82, 2.24) is 15.1 Å². The Bertz CT molecular complexity index is 1000. The summed E-state index contributed by atoms with van der Waals surface area (Å²) in [5.41, 5.74) is 2.69. The molecule has 0 radical (unpaired) electrons. The van der Waals surface area contributed by atoms with E-state index in [1.807, 2.05) is 48.7 Å². The Labute approximate surface area is 138 Å². The van der Waals surface area contributed by atoms with E-state index < -0.39 is 0 Å². The highest BCUT2D eigenvalue weighted by Gasteiger charge is 2.13. The number of fused-ring (bicyclic) bond motifs is 1. The Kier molecular flexibility index (Phi) is 3.42. The van der Waals surface area contributed by atoms with Crippen molar-refractivity contribution in [3.8, 4) is 34.3 Å². The Morgan fingerprint density at radius 1 is 0.917 bits per heavy atom. The molecule has 2 aromatic heterocycles. The smallest absolute Gasteiger partial charge is 0.258 e. The van der Waals surface area contributed by atoms with Crippen LogP contribution in [0.1, 0.15) is 0 Å². The molecule has 0 unspecified atom stereocenters. The molecular weight excluding hydrogens is 306 g/mol. The number of nitrogens with zero attached hydrogens (tertiary/aromatic N) is 2. The minimum absolute atomic E-state index is 0.469. The molecule has 0 atom stereocenters. The number of aromatic nitrogens is 3. The van der Waals surface area contributed by atoms with Crippen molar-refractivity contribution in [3.05, 3.63) is 48.7 Å². The van der Waals surface area contributed by atoms with Gasteiger partial charge in [0.05, 0.1) is 14.2 Å². The van der Waals surface area contributed by atoms with Crippen LogP contribution in [0.2, 0.25) is 0 Å². The first kappa shape index (κ1) is 14.3. The van der Waals surface area contributed by atoms with Gasteiger partial charge in [0.1, 0.15) is 0 Å². The summed E-state index contributed by atoms with van der Waals surface area (Å²) < 4.78 is 16.0. The molecule has 4 rings (SSSR count). The minimum Gasteiger partial charge on any atom is -0.493 e. The number of nitrogens with one attached hydrogen (secondary N) is 1. The standard InChI is InChI=1S/C18H15N3O3/c1-22-15-6-5-12(10-16(15)23-2)17-20-18(24-21-17)13-4-3-11-7-8-19-14(11)9-13/h3-10,19H,1-2H3. The lowest BCUT2D eigenvalue weighted by atomic mass is 10.1. The van der Waals surface area contributed by atoms with Crippen LogP contribution in [-0.4, -0.2) is 29.3 Å². The van der Waals surface area contributed by atoms with Crippen LogP contribution >= 0.6 is 0 Å². The highest BCUT2D eigenvalue weighted by molar-refractivity contribution is 5.83. The molecule has 0 saturated carbocycles. The first-order chi connectivity index (χ1) is 11.8. The molecule has 24 heavy (non-hydrogen) atoms. The number of benzene rings is 2. The fraction of sp³-hybridized carbons (Fsp3) is 0.111. The molecular formula is C18H15N3O3. The topological polar surface area (TPSA) is 73.2 Å². The highest BCUT2D eigenvalue weighted by Crippen LogP contribution is 2.32. The van der Waals surface area contributed by atoms with Crippen molar-refractivity contribution in [1.29, 1.82) is 0 Å². The largest absolute Gasteiger partial charge is 0.493 e. The molecule has 0 aliphatic rings. The van der Waals surface area contributed by atoms with Crippen LogP contribution in [0.25, 0.3) is 33.7 Å². The fourth-order valence-corrected chi connectivity index (χ4v) is 2.61. The van der Waals surface area contributed by atoms with Gasteiger partial charge in [-0.2, -0.15) is 4.98 Å². The van der Waals surface area contributed by atoms with Gasteiger partial charge in [0, 0.05) is 22.8 Å². The van der Waals surface area contributed by atoms with Gasteiger partial charge < -0.3 is 19.0 Å². The molecule has 6 heteroatoms. The molecule has 2 aromatic carbocycles. The summed E-state index contributed by atoms with van der Waals surface area (Å²) >= 11 is 0. The van der Waals surface area contributed by atoms with E-state index in [0.29, 0.717) is 23.2 Å². The molecule has 0 saturated heterocycles. The maximum Gasteiger partial charge on any atom is 0.258 e. The van der Waals surface area contributed by atoms with Crippen molar-refractivity contribution in [2.24, 2.45) is 0 Å². The number of methoxy groups -OCH3 is 2. The van der Waals surface area contributed by atoms with Crippen LogP contribution in [0.4, 0.5) is 0 Å². The number of hydrogen-bond acceptors (Lipinski definition) is 5. The lowest BCUT2D eigenvalue weighted by Gasteiger charge is -2.07. The molecule has 0 amide bonds. The van der Waals surface area contributed by atoms with E-state index in [1.54, 1.807) is 14.2 Å². The van der Waals surface area contributed by atoms with E-state index in [9.17, 15) is 0 Å². The Morgan fingerprint density at radius 2 is 1.75 bits per heavy atom. The quantitative estimate of drug-likeness (QED) is 0.617. The third kappa shape index (κ3) is 2.38. The lowest BCUT2D eigenvalue weighted by Crippen LogP contribution is -1.91. The van der Waals surface area contributed by atoms with E-state index in [4.69, 9.17) is 14.0 Å². The van der Waals surface area contributed by atoms with Gasteiger partial charge in [-0.15, -0.1) is 0 Å². The van der Waals surface area contributed by atoms with E-state index in [2.05, 4.69) is 15.1 Å². The van der Waals surface area contributed by atoms with Crippen LogP contribution in [-0.2, 0) is 0 Å². The average molecular weight is 321 g/mol. The number of rotatable bonds is 4. The first-order valence-electron chi connectivity index (χ1n) is 7.42. The number of hydrogen-bond donors (Lipinski definition) is 1. The molecule has 120 valence electrons. The van der Waals surface area contributed by atoms with Gasteiger partial charge >= 0.3 is 0 Å². The van der Waals surface area contributed by atoms with E-state index >= 15 is 0 Å². The lowest BCUT2D eigenvalue weighted by molar-refractivity contribution is 0.355. The van der Waals surface area contributed by atoms with Crippen molar-refractivity contribution < 1.29 is 14.0 Å². The second kappa shape index (κ2) is 5.73. The zero-order chi connectivity index (χ0) is 16.5. The molecule has 0 fully saturated rings. The van der Waals surface area contributed by atoms with Crippen molar-refractivity contribution >= 4 is 10.9 Å². The Hall–Kier alpha value is -3.28. The van der Waals surface area contributed by atoms with Crippen LogP contribution in [0.5, 0.6) is 11.5 Å². The Morgan fingerprint density at radius 3 is 2.58 bits per heavy atom. The van der Waals surface area contributed by atoms with Gasteiger partial charge in [-0.05, 0) is 41.8 Å².